The molecule has 1 aromatic carbocycles. The van der Waals surface area contributed by atoms with Crippen LogP contribution in [0.4, 0.5) is 0 Å². The van der Waals surface area contributed by atoms with Crippen molar-refractivity contribution in [1.29, 1.82) is 0 Å². The van der Waals surface area contributed by atoms with Crippen molar-refractivity contribution in [2.24, 2.45) is 0 Å². The summed E-state index contributed by atoms with van der Waals surface area (Å²) in [6.07, 6.45) is 0. The molecule has 0 saturated heterocycles. The van der Waals surface area contributed by atoms with Crippen LogP contribution in [-0.2, 0) is 0 Å². The Bertz CT molecular complexity index is 261. The van der Waals surface area contributed by atoms with E-state index >= 15 is 0 Å². The quantitative estimate of drug-likeness (QED) is 0.779. The maximum absolute atomic E-state index is 8.49. The van der Waals surface area contributed by atoms with Crippen LogP contribution in [0.5, 0.6) is 5.75 Å². The minimum atomic E-state index is -0.00972. The summed E-state index contributed by atoms with van der Waals surface area (Å²) in [5, 5.41) is 9.05. The molecule has 0 aliphatic rings. The highest BCUT2D eigenvalue weighted by Gasteiger charge is 2.00. The Morgan fingerprint density at radius 3 is 3.00 bits per heavy atom. The highest BCUT2D eigenvalue weighted by atomic mass is 35.5. The van der Waals surface area contributed by atoms with Gasteiger partial charge in [-0.25, -0.2) is 0 Å². The van der Waals surface area contributed by atoms with E-state index < -0.39 is 0 Å². The van der Waals surface area contributed by atoms with Crippen LogP contribution in [0, 0.1) is 13.0 Å². The molecule has 0 unspecified atom stereocenters. The van der Waals surface area contributed by atoms with Crippen LogP contribution in [0.2, 0.25) is 5.02 Å². The zero-order valence-corrected chi connectivity index (χ0v) is 7.56. The minimum absolute atomic E-state index is 0.00972. The lowest BCUT2D eigenvalue weighted by Crippen LogP contribution is -2.01. The molecule has 0 aliphatic carbocycles. The number of rotatable bonds is 3. The van der Waals surface area contributed by atoms with Gasteiger partial charge in [-0.05, 0) is 30.7 Å². The first-order valence-corrected chi connectivity index (χ1v) is 4.03. The van der Waals surface area contributed by atoms with Crippen LogP contribution in [0.15, 0.2) is 12.1 Å². The summed E-state index contributed by atoms with van der Waals surface area (Å²) < 4.78 is 5.13. The molecule has 0 heterocycles. The molecule has 0 atom stereocenters. The second-order valence-corrected chi connectivity index (χ2v) is 2.81. The molecule has 2 nitrogen and oxygen atoms in total. The summed E-state index contributed by atoms with van der Waals surface area (Å²) in [4.78, 5) is 0. The molecule has 65 valence electrons. The first-order chi connectivity index (χ1) is 5.74. The van der Waals surface area contributed by atoms with Gasteiger partial charge in [-0.1, -0.05) is 11.6 Å². The molecule has 0 fully saturated rings. The molecule has 12 heavy (non-hydrogen) atoms. The molecule has 0 amide bonds. The Balaban J connectivity index is 2.72. The normalized spacial score (nSPS) is 9.92. The van der Waals surface area contributed by atoms with Crippen LogP contribution in [0.3, 0.4) is 0 Å². The molecule has 0 spiro atoms. The van der Waals surface area contributed by atoms with Gasteiger partial charge in [0.15, 0.2) is 0 Å². The number of ether oxygens (including phenoxy) is 1. The Kier molecular flexibility index (Phi) is 3.38. The number of aliphatic hydroxyl groups is 1. The average molecular weight is 186 g/mol. The number of halogens is 1. The molecule has 0 aromatic heterocycles. The van der Waals surface area contributed by atoms with Crippen molar-refractivity contribution in [2.45, 2.75) is 6.92 Å². The molecule has 3 heteroatoms. The Hall–Kier alpha value is -0.730. The van der Waals surface area contributed by atoms with Crippen molar-refractivity contribution in [3.8, 4) is 5.75 Å². The van der Waals surface area contributed by atoms with Crippen LogP contribution in [0.1, 0.15) is 5.56 Å². The van der Waals surface area contributed by atoms with Gasteiger partial charge in [0, 0.05) is 0 Å². The Morgan fingerprint density at radius 1 is 1.67 bits per heavy atom. The van der Waals surface area contributed by atoms with Gasteiger partial charge in [-0.3, -0.25) is 0 Å². The van der Waals surface area contributed by atoms with E-state index in [-0.39, 0.29) is 13.2 Å². The van der Waals surface area contributed by atoms with Gasteiger partial charge in [-0.2, -0.15) is 0 Å². The Morgan fingerprint density at radius 2 is 2.42 bits per heavy atom. The van der Waals surface area contributed by atoms with Crippen LogP contribution >= 0.6 is 11.6 Å². The van der Waals surface area contributed by atoms with Gasteiger partial charge in [0.05, 0.1) is 11.6 Å². The molecule has 1 aromatic rings. The van der Waals surface area contributed by atoms with Crippen molar-refractivity contribution < 1.29 is 9.84 Å². The fraction of sp³-hybridized carbons (Fsp3) is 0.333. The fourth-order valence-corrected chi connectivity index (χ4v) is 1.09. The largest absolute Gasteiger partial charge is 0.490 e. The maximum atomic E-state index is 8.49. The molecular weight excluding hydrogens is 176 g/mol. The second-order valence-electron chi connectivity index (χ2n) is 2.40. The molecule has 1 radical (unpaired) electrons. The third kappa shape index (κ3) is 2.40. The highest BCUT2D eigenvalue weighted by Crippen LogP contribution is 2.24. The van der Waals surface area contributed by atoms with Gasteiger partial charge < -0.3 is 9.84 Å². The maximum Gasteiger partial charge on any atom is 0.138 e. The number of hydrogen-bond donors (Lipinski definition) is 1. The zero-order valence-electron chi connectivity index (χ0n) is 6.80. The lowest BCUT2D eigenvalue weighted by molar-refractivity contribution is 0.201. The predicted molar refractivity (Wildman–Crippen MR) is 47.6 cm³/mol. The lowest BCUT2D eigenvalue weighted by Gasteiger charge is -2.05. The second kappa shape index (κ2) is 4.33. The van der Waals surface area contributed by atoms with E-state index in [1.54, 1.807) is 12.1 Å². The van der Waals surface area contributed by atoms with Crippen molar-refractivity contribution in [3.05, 3.63) is 28.8 Å². The molecule has 1 N–H and O–H groups in total. The van der Waals surface area contributed by atoms with Gasteiger partial charge in [0.1, 0.15) is 12.4 Å². The van der Waals surface area contributed by atoms with E-state index in [0.29, 0.717) is 10.8 Å². The number of benzene rings is 1. The summed E-state index contributed by atoms with van der Waals surface area (Å²) in [5.74, 6) is 0.566. The number of aryl methyl sites for hydroxylation is 1. The monoisotopic (exact) mass is 185 g/mol. The van der Waals surface area contributed by atoms with Crippen molar-refractivity contribution in [1.82, 2.24) is 0 Å². The summed E-state index contributed by atoms with van der Waals surface area (Å²) in [5.41, 5.74) is 0.969. The van der Waals surface area contributed by atoms with Crippen LogP contribution < -0.4 is 4.74 Å². The van der Waals surface area contributed by atoms with Gasteiger partial charge >= 0.3 is 0 Å². The van der Waals surface area contributed by atoms with Crippen molar-refractivity contribution >= 4 is 11.6 Å². The molecule has 0 bridgehead atoms. The third-order valence-electron chi connectivity index (χ3n) is 1.36. The van der Waals surface area contributed by atoms with Gasteiger partial charge in [0.25, 0.3) is 0 Å². The lowest BCUT2D eigenvalue weighted by atomic mass is 10.2. The minimum Gasteiger partial charge on any atom is -0.490 e. The van der Waals surface area contributed by atoms with E-state index in [9.17, 15) is 0 Å². The van der Waals surface area contributed by atoms with E-state index in [1.165, 1.54) is 0 Å². The summed E-state index contributed by atoms with van der Waals surface area (Å²) >= 11 is 5.84. The Labute approximate surface area is 76.7 Å². The summed E-state index contributed by atoms with van der Waals surface area (Å²) in [6, 6.07) is 6.40. The topological polar surface area (TPSA) is 29.5 Å². The standard InChI is InChI=1S/C9H10ClO2/c1-7-2-3-9(8(10)6-7)12-5-4-11/h3,6,11H,4-5H2,1H3. The molecular formula is C9H10ClO2. The van der Waals surface area contributed by atoms with Gasteiger partial charge in [-0.15, -0.1) is 0 Å². The van der Waals surface area contributed by atoms with E-state index in [0.717, 1.165) is 5.56 Å². The van der Waals surface area contributed by atoms with E-state index in [1.807, 2.05) is 6.92 Å². The van der Waals surface area contributed by atoms with Crippen molar-refractivity contribution in [3.63, 3.8) is 0 Å². The highest BCUT2D eigenvalue weighted by molar-refractivity contribution is 6.32. The third-order valence-corrected chi connectivity index (χ3v) is 1.65. The first kappa shape index (κ1) is 9.36. The number of aliphatic hydroxyl groups excluding tert-OH is 1. The molecule has 0 saturated carbocycles. The van der Waals surface area contributed by atoms with Gasteiger partial charge in [0.2, 0.25) is 0 Å². The zero-order chi connectivity index (χ0) is 8.97. The van der Waals surface area contributed by atoms with E-state index in [4.69, 9.17) is 21.4 Å². The summed E-state index contributed by atoms with van der Waals surface area (Å²) in [6.45, 7) is 2.16. The average Bonchev–Trinajstić information content (AvgIpc) is 2.03. The van der Waals surface area contributed by atoms with Crippen molar-refractivity contribution in [2.75, 3.05) is 13.2 Å². The number of hydrogen-bond acceptors (Lipinski definition) is 2. The van der Waals surface area contributed by atoms with Crippen LogP contribution in [-0.4, -0.2) is 18.3 Å². The van der Waals surface area contributed by atoms with E-state index in [2.05, 4.69) is 6.07 Å². The smallest absolute Gasteiger partial charge is 0.138 e. The first-order valence-electron chi connectivity index (χ1n) is 3.65. The SMILES string of the molecule is Cc1[c]cc(OCCO)c(Cl)c1. The molecule has 0 aliphatic heterocycles. The molecule has 1 rings (SSSR count). The fourth-order valence-electron chi connectivity index (χ4n) is 0.817. The predicted octanol–water partition coefficient (Wildman–Crippen LogP) is 1.82. The summed E-state index contributed by atoms with van der Waals surface area (Å²) in [7, 11) is 0. The van der Waals surface area contributed by atoms with Crippen LogP contribution in [0.25, 0.3) is 0 Å².